The van der Waals surface area contributed by atoms with E-state index in [1.54, 1.807) is 14.2 Å². The predicted molar refractivity (Wildman–Crippen MR) is 137 cm³/mol. The quantitative estimate of drug-likeness (QED) is 0.335. The third-order valence-corrected chi connectivity index (χ3v) is 8.12. The molecule has 2 rings (SSSR count). The lowest BCUT2D eigenvalue weighted by Gasteiger charge is -2.30. The molecular formula is C27H41O4P. The maximum absolute atomic E-state index is 6.05. The van der Waals surface area contributed by atoms with Crippen molar-refractivity contribution in [1.82, 2.24) is 0 Å². The smallest absolute Gasteiger partial charge is 0.188 e. The second kappa shape index (κ2) is 11.0. The molecule has 0 radical (unpaired) electrons. The highest BCUT2D eigenvalue weighted by atomic mass is 31.1. The van der Waals surface area contributed by atoms with E-state index in [1.807, 2.05) is 0 Å². The summed E-state index contributed by atoms with van der Waals surface area (Å²) < 4.78 is 22.6. The van der Waals surface area contributed by atoms with Gasteiger partial charge in [0.2, 0.25) is 0 Å². The van der Waals surface area contributed by atoms with Gasteiger partial charge >= 0.3 is 0 Å². The summed E-state index contributed by atoms with van der Waals surface area (Å²) in [6.45, 7) is 18.5. The summed E-state index contributed by atoms with van der Waals surface area (Å²) in [4.78, 5) is 0. The van der Waals surface area contributed by atoms with E-state index in [2.05, 4.69) is 91.8 Å². The largest absolute Gasteiger partial charge is 0.467 e. The second-order valence-electron chi connectivity index (χ2n) is 10.4. The molecule has 178 valence electrons. The Labute approximate surface area is 196 Å². The van der Waals surface area contributed by atoms with E-state index in [-0.39, 0.29) is 24.4 Å². The minimum absolute atomic E-state index is 0.0369. The average Bonchev–Trinajstić information content (AvgIpc) is 2.70. The van der Waals surface area contributed by atoms with Gasteiger partial charge in [-0.3, -0.25) is 0 Å². The summed E-state index contributed by atoms with van der Waals surface area (Å²) in [5, 5.41) is 2.43. The first-order valence-corrected chi connectivity index (χ1v) is 12.6. The molecule has 2 aromatic carbocycles. The highest BCUT2D eigenvalue weighted by molar-refractivity contribution is 7.74. The summed E-state index contributed by atoms with van der Waals surface area (Å²) in [5.41, 5.74) is 3.03. The molecule has 32 heavy (non-hydrogen) atoms. The van der Waals surface area contributed by atoms with Crippen LogP contribution in [0.1, 0.15) is 66.5 Å². The Kier molecular flexibility index (Phi) is 9.16. The highest BCUT2D eigenvalue weighted by Gasteiger charge is 2.28. The lowest BCUT2D eigenvalue weighted by molar-refractivity contribution is 0.0518. The minimum Gasteiger partial charge on any atom is -0.467 e. The Hall–Kier alpha value is -1.61. The number of rotatable bonds is 9. The van der Waals surface area contributed by atoms with Gasteiger partial charge in [0.05, 0.1) is 0 Å². The Morgan fingerprint density at radius 3 is 1.34 bits per heavy atom. The van der Waals surface area contributed by atoms with E-state index in [4.69, 9.17) is 18.9 Å². The SMILES string of the molecule is COCOc1ccc(C(C)(C)C)cc1P(c1cc(C(C)(C)C)ccc1OCOC)C(C)C. The summed E-state index contributed by atoms with van der Waals surface area (Å²) in [7, 11) is 2.53. The van der Waals surface area contributed by atoms with Gasteiger partial charge in [0.15, 0.2) is 13.6 Å². The fourth-order valence-electron chi connectivity index (χ4n) is 3.52. The van der Waals surface area contributed by atoms with Crippen LogP contribution in [-0.2, 0) is 20.3 Å². The van der Waals surface area contributed by atoms with Crippen LogP contribution in [0.3, 0.4) is 0 Å². The van der Waals surface area contributed by atoms with Gasteiger partial charge in [0.1, 0.15) is 11.5 Å². The Morgan fingerprint density at radius 2 is 1.06 bits per heavy atom. The van der Waals surface area contributed by atoms with Crippen LogP contribution in [-0.4, -0.2) is 33.5 Å². The number of ether oxygens (including phenoxy) is 4. The van der Waals surface area contributed by atoms with E-state index < -0.39 is 7.92 Å². The van der Waals surface area contributed by atoms with E-state index in [0.29, 0.717) is 5.66 Å². The van der Waals surface area contributed by atoms with Crippen molar-refractivity contribution >= 4 is 18.5 Å². The van der Waals surface area contributed by atoms with Crippen molar-refractivity contribution < 1.29 is 18.9 Å². The maximum atomic E-state index is 6.05. The molecule has 0 unspecified atom stereocenters. The van der Waals surface area contributed by atoms with Crippen LogP contribution in [0.5, 0.6) is 11.5 Å². The Morgan fingerprint density at radius 1 is 0.688 bits per heavy atom. The van der Waals surface area contributed by atoms with Crippen molar-refractivity contribution in [3.05, 3.63) is 47.5 Å². The fraction of sp³-hybridized carbons (Fsp3) is 0.556. The zero-order valence-electron chi connectivity index (χ0n) is 21.5. The van der Waals surface area contributed by atoms with Crippen molar-refractivity contribution in [3.63, 3.8) is 0 Å². The lowest BCUT2D eigenvalue weighted by Crippen LogP contribution is -2.26. The molecule has 2 aromatic rings. The normalized spacial score (nSPS) is 12.5. The summed E-state index contributed by atoms with van der Waals surface area (Å²) in [6.07, 6.45) is 0. The van der Waals surface area contributed by atoms with Gasteiger partial charge in [-0.1, -0.05) is 67.5 Å². The molecule has 0 N–H and O–H groups in total. The number of methoxy groups -OCH3 is 2. The van der Waals surface area contributed by atoms with Crippen LogP contribution in [0.2, 0.25) is 0 Å². The van der Waals surface area contributed by atoms with E-state index >= 15 is 0 Å². The van der Waals surface area contributed by atoms with Gasteiger partial charge in [0, 0.05) is 24.8 Å². The molecule has 0 aromatic heterocycles. The lowest BCUT2D eigenvalue weighted by atomic mass is 9.87. The molecule has 0 saturated carbocycles. The topological polar surface area (TPSA) is 36.9 Å². The third-order valence-electron chi connectivity index (χ3n) is 5.35. The highest BCUT2D eigenvalue weighted by Crippen LogP contribution is 2.46. The van der Waals surface area contributed by atoms with E-state index in [9.17, 15) is 0 Å². The van der Waals surface area contributed by atoms with Gasteiger partial charge in [-0.05, 0) is 59.8 Å². The molecule has 0 spiro atoms. The van der Waals surface area contributed by atoms with Gasteiger partial charge in [-0.2, -0.15) is 0 Å². The standard InChI is InChI=1S/C27H41O4P/c1-19(2)32(24-15-20(26(3,4)5)11-13-22(24)30-17-28-9)25-16-21(27(6,7)8)12-14-23(25)31-18-29-10/h11-16,19H,17-18H2,1-10H3. The minimum atomic E-state index is -0.772. The molecule has 0 aliphatic rings. The van der Waals surface area contributed by atoms with Crippen LogP contribution in [0.4, 0.5) is 0 Å². The molecule has 0 amide bonds. The average molecular weight is 461 g/mol. The molecule has 0 heterocycles. The van der Waals surface area contributed by atoms with Crippen LogP contribution in [0.15, 0.2) is 36.4 Å². The first-order valence-electron chi connectivity index (χ1n) is 11.2. The summed E-state index contributed by atoms with van der Waals surface area (Å²) in [6, 6.07) is 13.2. The van der Waals surface area contributed by atoms with Crippen LogP contribution < -0.4 is 20.1 Å². The number of benzene rings is 2. The molecule has 0 atom stereocenters. The van der Waals surface area contributed by atoms with Gasteiger partial charge in [0.25, 0.3) is 0 Å². The van der Waals surface area contributed by atoms with Crippen molar-refractivity contribution in [2.75, 3.05) is 27.8 Å². The molecule has 0 aliphatic heterocycles. The molecule has 5 heteroatoms. The molecular weight excluding hydrogens is 419 g/mol. The summed E-state index contributed by atoms with van der Waals surface area (Å²) in [5.74, 6) is 1.75. The van der Waals surface area contributed by atoms with Crippen molar-refractivity contribution in [2.45, 2.75) is 71.9 Å². The monoisotopic (exact) mass is 460 g/mol. The van der Waals surface area contributed by atoms with E-state index in [1.165, 1.54) is 21.7 Å². The van der Waals surface area contributed by atoms with Crippen LogP contribution in [0, 0.1) is 0 Å². The second-order valence-corrected chi connectivity index (χ2v) is 13.2. The van der Waals surface area contributed by atoms with E-state index in [0.717, 1.165) is 11.5 Å². The molecule has 4 nitrogen and oxygen atoms in total. The zero-order chi connectivity index (χ0) is 24.1. The van der Waals surface area contributed by atoms with Crippen molar-refractivity contribution in [3.8, 4) is 11.5 Å². The fourth-order valence-corrected chi connectivity index (χ4v) is 6.20. The predicted octanol–water partition coefficient (Wildman–Crippen LogP) is 6.09. The molecule has 0 aliphatic carbocycles. The Balaban J connectivity index is 2.77. The van der Waals surface area contributed by atoms with Crippen LogP contribution >= 0.6 is 7.92 Å². The van der Waals surface area contributed by atoms with Crippen LogP contribution in [0.25, 0.3) is 0 Å². The third kappa shape index (κ3) is 6.70. The maximum Gasteiger partial charge on any atom is 0.188 e. The van der Waals surface area contributed by atoms with Crippen molar-refractivity contribution in [2.24, 2.45) is 0 Å². The first-order chi connectivity index (χ1) is 14.9. The van der Waals surface area contributed by atoms with Gasteiger partial charge in [-0.15, -0.1) is 0 Å². The summed E-state index contributed by atoms with van der Waals surface area (Å²) >= 11 is 0. The molecule has 0 bridgehead atoms. The number of hydrogen-bond donors (Lipinski definition) is 0. The van der Waals surface area contributed by atoms with Gasteiger partial charge < -0.3 is 18.9 Å². The zero-order valence-corrected chi connectivity index (χ0v) is 22.4. The molecule has 0 saturated heterocycles. The van der Waals surface area contributed by atoms with Crippen molar-refractivity contribution in [1.29, 1.82) is 0 Å². The molecule has 0 fully saturated rings. The Bertz CT molecular complexity index is 809. The number of hydrogen-bond acceptors (Lipinski definition) is 4. The first kappa shape index (κ1) is 26.6. The van der Waals surface area contributed by atoms with Gasteiger partial charge in [-0.25, -0.2) is 0 Å².